The Balaban J connectivity index is 2.35. The third-order valence-corrected chi connectivity index (χ3v) is 3.38. The monoisotopic (exact) mass is 291 g/mol. The summed E-state index contributed by atoms with van der Waals surface area (Å²) in [6, 6.07) is 12.3. The van der Waals surface area contributed by atoms with Crippen molar-refractivity contribution in [1.82, 2.24) is 5.32 Å². The second kappa shape index (κ2) is 6.01. The average Bonchev–Trinajstić information content (AvgIpc) is 2.46. The molecule has 0 radical (unpaired) electrons. The lowest BCUT2D eigenvalue weighted by Crippen LogP contribution is -2.47. The first-order chi connectivity index (χ1) is 9.95. The molecule has 0 aliphatic rings. The summed E-state index contributed by atoms with van der Waals surface area (Å²) in [5.41, 5.74) is -1.53. The maximum Gasteiger partial charge on any atom is 0.328 e. The van der Waals surface area contributed by atoms with Crippen LogP contribution in [0.1, 0.15) is 18.1 Å². The van der Waals surface area contributed by atoms with Crippen molar-refractivity contribution in [3.63, 3.8) is 0 Å². The molecule has 0 bridgehead atoms. The zero-order chi connectivity index (χ0) is 15.5. The summed E-state index contributed by atoms with van der Waals surface area (Å²) < 4.78 is 27.8. The second-order valence-electron chi connectivity index (χ2n) is 4.87. The number of aliphatic carboxylic acids is 1. The number of carbonyl (C=O) groups is 1. The van der Waals surface area contributed by atoms with Gasteiger partial charge in [0.25, 0.3) is 0 Å². The minimum Gasteiger partial charge on any atom is -0.480 e. The van der Waals surface area contributed by atoms with Gasteiger partial charge >= 0.3 is 5.97 Å². The van der Waals surface area contributed by atoms with Gasteiger partial charge in [-0.3, -0.25) is 5.32 Å². The number of carboxylic acid groups (broad SMARTS) is 1. The van der Waals surface area contributed by atoms with Crippen LogP contribution in [0, 0.1) is 11.6 Å². The molecule has 0 saturated heterocycles. The fourth-order valence-corrected chi connectivity index (χ4v) is 2.12. The predicted molar refractivity (Wildman–Crippen MR) is 74.6 cm³/mol. The standard InChI is InChI=1S/C16H15F2NO2/c1-16(15(20)21,14-12(17)8-5-9-13(14)18)19-10-11-6-3-2-4-7-11/h2-9,19H,10H2,1H3,(H,20,21). The molecule has 110 valence electrons. The normalized spacial score (nSPS) is 13.7. The highest BCUT2D eigenvalue weighted by molar-refractivity contribution is 5.80. The Bertz CT molecular complexity index is 626. The lowest BCUT2D eigenvalue weighted by molar-refractivity contribution is -0.145. The Morgan fingerprint density at radius 2 is 1.67 bits per heavy atom. The first-order valence-electron chi connectivity index (χ1n) is 6.42. The van der Waals surface area contributed by atoms with E-state index in [1.807, 2.05) is 6.07 Å². The number of rotatable bonds is 5. The molecule has 0 heterocycles. The van der Waals surface area contributed by atoms with E-state index in [9.17, 15) is 18.7 Å². The summed E-state index contributed by atoms with van der Waals surface area (Å²) in [6.07, 6.45) is 0. The van der Waals surface area contributed by atoms with Gasteiger partial charge < -0.3 is 5.11 Å². The molecule has 2 rings (SSSR count). The number of nitrogens with one attached hydrogen (secondary N) is 1. The summed E-state index contributed by atoms with van der Waals surface area (Å²) in [6.45, 7) is 1.43. The summed E-state index contributed by atoms with van der Waals surface area (Å²) in [7, 11) is 0. The van der Waals surface area contributed by atoms with Crippen molar-refractivity contribution in [3.8, 4) is 0 Å². The summed E-state index contributed by atoms with van der Waals surface area (Å²) >= 11 is 0. The van der Waals surface area contributed by atoms with Crippen LogP contribution in [0.15, 0.2) is 48.5 Å². The molecule has 2 aromatic carbocycles. The molecule has 1 unspecified atom stereocenters. The molecule has 5 heteroatoms. The van der Waals surface area contributed by atoms with Crippen LogP contribution in [0.4, 0.5) is 8.78 Å². The highest BCUT2D eigenvalue weighted by atomic mass is 19.1. The van der Waals surface area contributed by atoms with Gasteiger partial charge in [-0.05, 0) is 24.6 Å². The zero-order valence-corrected chi connectivity index (χ0v) is 11.4. The Hall–Kier alpha value is -2.27. The van der Waals surface area contributed by atoms with Gasteiger partial charge in [-0.2, -0.15) is 0 Å². The van der Waals surface area contributed by atoms with E-state index in [4.69, 9.17) is 0 Å². The van der Waals surface area contributed by atoms with Crippen LogP contribution >= 0.6 is 0 Å². The molecule has 0 spiro atoms. The van der Waals surface area contributed by atoms with Crippen molar-refractivity contribution < 1.29 is 18.7 Å². The summed E-state index contributed by atoms with van der Waals surface area (Å²) in [5.74, 6) is -3.12. The Morgan fingerprint density at radius 3 is 2.19 bits per heavy atom. The van der Waals surface area contributed by atoms with E-state index in [0.717, 1.165) is 17.7 Å². The lowest BCUT2D eigenvalue weighted by Gasteiger charge is -2.27. The third kappa shape index (κ3) is 3.08. The van der Waals surface area contributed by atoms with Crippen LogP contribution in [-0.2, 0) is 16.9 Å². The molecule has 0 aliphatic carbocycles. The van der Waals surface area contributed by atoms with Crippen LogP contribution in [0.2, 0.25) is 0 Å². The molecule has 21 heavy (non-hydrogen) atoms. The summed E-state index contributed by atoms with van der Waals surface area (Å²) in [4.78, 5) is 11.6. The summed E-state index contributed by atoms with van der Waals surface area (Å²) in [5, 5.41) is 12.1. The molecular formula is C16H15F2NO2. The molecule has 0 amide bonds. The van der Waals surface area contributed by atoms with Gasteiger partial charge in [-0.15, -0.1) is 0 Å². The SMILES string of the molecule is CC(NCc1ccccc1)(C(=O)O)c1c(F)cccc1F. The van der Waals surface area contributed by atoms with Gasteiger partial charge in [0.2, 0.25) is 0 Å². The molecule has 0 saturated carbocycles. The highest BCUT2D eigenvalue weighted by Gasteiger charge is 2.39. The smallest absolute Gasteiger partial charge is 0.328 e. The van der Waals surface area contributed by atoms with E-state index in [1.165, 1.54) is 13.0 Å². The largest absolute Gasteiger partial charge is 0.480 e. The van der Waals surface area contributed by atoms with Crippen LogP contribution in [-0.4, -0.2) is 11.1 Å². The van der Waals surface area contributed by atoms with Gasteiger partial charge in [-0.1, -0.05) is 36.4 Å². The lowest BCUT2D eigenvalue weighted by atomic mass is 9.90. The van der Waals surface area contributed by atoms with E-state index in [2.05, 4.69) is 5.32 Å². The molecule has 0 aromatic heterocycles. The van der Waals surface area contributed by atoms with E-state index < -0.39 is 28.7 Å². The van der Waals surface area contributed by atoms with Crippen molar-refractivity contribution >= 4 is 5.97 Å². The number of halogens is 2. The third-order valence-electron chi connectivity index (χ3n) is 3.38. The highest BCUT2D eigenvalue weighted by Crippen LogP contribution is 2.27. The molecule has 1 atom stereocenters. The number of benzene rings is 2. The molecule has 2 aromatic rings. The maximum atomic E-state index is 13.9. The van der Waals surface area contributed by atoms with Crippen LogP contribution in [0.25, 0.3) is 0 Å². The minimum atomic E-state index is -1.86. The van der Waals surface area contributed by atoms with Crippen molar-refractivity contribution in [2.75, 3.05) is 0 Å². The van der Waals surface area contributed by atoms with E-state index >= 15 is 0 Å². The maximum absolute atomic E-state index is 13.9. The Kier molecular flexibility index (Phi) is 4.33. The van der Waals surface area contributed by atoms with Crippen LogP contribution in [0.5, 0.6) is 0 Å². The van der Waals surface area contributed by atoms with Crippen LogP contribution in [0.3, 0.4) is 0 Å². The van der Waals surface area contributed by atoms with Gasteiger partial charge in [0.05, 0.1) is 5.56 Å². The number of hydrogen-bond acceptors (Lipinski definition) is 2. The topological polar surface area (TPSA) is 49.3 Å². The van der Waals surface area contributed by atoms with Crippen molar-refractivity contribution in [3.05, 3.63) is 71.3 Å². The number of carboxylic acids is 1. The second-order valence-corrected chi connectivity index (χ2v) is 4.87. The van der Waals surface area contributed by atoms with Crippen molar-refractivity contribution in [1.29, 1.82) is 0 Å². The molecule has 3 nitrogen and oxygen atoms in total. The fourth-order valence-electron chi connectivity index (χ4n) is 2.12. The van der Waals surface area contributed by atoms with Gasteiger partial charge in [-0.25, -0.2) is 13.6 Å². The van der Waals surface area contributed by atoms with E-state index in [1.54, 1.807) is 24.3 Å². The van der Waals surface area contributed by atoms with Gasteiger partial charge in [0.1, 0.15) is 17.2 Å². The Labute approximate surface area is 121 Å². The van der Waals surface area contributed by atoms with Gasteiger partial charge in [0.15, 0.2) is 0 Å². The quantitative estimate of drug-likeness (QED) is 0.890. The van der Waals surface area contributed by atoms with Crippen LogP contribution < -0.4 is 5.32 Å². The minimum absolute atomic E-state index is 0.178. The average molecular weight is 291 g/mol. The molecule has 0 fully saturated rings. The van der Waals surface area contributed by atoms with E-state index in [0.29, 0.717) is 0 Å². The van der Waals surface area contributed by atoms with Gasteiger partial charge in [0, 0.05) is 6.54 Å². The molecule has 0 aliphatic heterocycles. The first kappa shape index (κ1) is 15.1. The predicted octanol–water partition coefficient (Wildman–Crippen LogP) is 3.05. The molecular weight excluding hydrogens is 276 g/mol. The first-order valence-corrected chi connectivity index (χ1v) is 6.42. The Morgan fingerprint density at radius 1 is 1.10 bits per heavy atom. The van der Waals surface area contributed by atoms with Crippen molar-refractivity contribution in [2.24, 2.45) is 0 Å². The zero-order valence-electron chi connectivity index (χ0n) is 11.4. The van der Waals surface area contributed by atoms with E-state index in [-0.39, 0.29) is 6.54 Å². The number of hydrogen-bond donors (Lipinski definition) is 2. The molecule has 2 N–H and O–H groups in total. The fraction of sp³-hybridized carbons (Fsp3) is 0.188. The van der Waals surface area contributed by atoms with Crippen molar-refractivity contribution in [2.45, 2.75) is 19.0 Å².